The molecule has 1 amide bonds. The lowest BCUT2D eigenvalue weighted by molar-refractivity contribution is 0.102. The number of amides is 1. The molecule has 1 aromatic heterocycles. The van der Waals surface area contributed by atoms with Crippen LogP contribution in [-0.4, -0.2) is 16.9 Å². The quantitative estimate of drug-likeness (QED) is 0.837. The number of carbonyl (C=O) groups is 1. The molecule has 4 nitrogen and oxygen atoms in total. The molecule has 2 aromatic rings. The van der Waals surface area contributed by atoms with E-state index < -0.39 is 0 Å². The van der Waals surface area contributed by atoms with E-state index in [4.69, 9.17) is 17.3 Å². The largest absolute Gasteiger partial charge is 0.327 e. The number of pyridine rings is 1. The normalized spacial score (nSPS) is 17.0. The van der Waals surface area contributed by atoms with Gasteiger partial charge < -0.3 is 11.1 Å². The van der Waals surface area contributed by atoms with Gasteiger partial charge in [0, 0.05) is 23.0 Å². The van der Waals surface area contributed by atoms with Crippen molar-refractivity contribution in [1.82, 2.24) is 4.98 Å². The van der Waals surface area contributed by atoms with Gasteiger partial charge in [-0.25, -0.2) is 4.98 Å². The molecule has 1 aliphatic rings. The Kier molecular flexibility index (Phi) is 4.14. The van der Waals surface area contributed by atoms with Crippen LogP contribution in [0.5, 0.6) is 0 Å². The van der Waals surface area contributed by atoms with Crippen LogP contribution < -0.4 is 11.1 Å². The molecule has 114 valence electrons. The highest BCUT2D eigenvalue weighted by Crippen LogP contribution is 2.24. The Morgan fingerprint density at radius 3 is 2.91 bits per heavy atom. The Bertz CT molecular complexity index is 710. The van der Waals surface area contributed by atoms with Crippen LogP contribution in [0.15, 0.2) is 30.3 Å². The van der Waals surface area contributed by atoms with Crippen LogP contribution >= 0.6 is 11.6 Å². The van der Waals surface area contributed by atoms with E-state index >= 15 is 0 Å². The van der Waals surface area contributed by atoms with Gasteiger partial charge in [-0.2, -0.15) is 0 Å². The number of fused-ring (bicyclic) bond motifs is 1. The maximum atomic E-state index is 12.3. The highest BCUT2D eigenvalue weighted by atomic mass is 35.5. The zero-order valence-corrected chi connectivity index (χ0v) is 13.2. The molecule has 5 heteroatoms. The third kappa shape index (κ3) is 3.29. The number of hydrogen-bond acceptors (Lipinski definition) is 3. The third-order valence-electron chi connectivity index (χ3n) is 3.92. The van der Waals surface area contributed by atoms with Gasteiger partial charge >= 0.3 is 0 Å². The van der Waals surface area contributed by atoms with Gasteiger partial charge in [0.05, 0.1) is 0 Å². The maximum Gasteiger partial charge on any atom is 0.255 e. The van der Waals surface area contributed by atoms with Gasteiger partial charge in [-0.05, 0) is 61.6 Å². The number of aryl methyl sites for hydroxylation is 2. The highest BCUT2D eigenvalue weighted by molar-refractivity contribution is 6.29. The average molecular weight is 316 g/mol. The Hall–Kier alpha value is -1.91. The summed E-state index contributed by atoms with van der Waals surface area (Å²) < 4.78 is 0. The minimum Gasteiger partial charge on any atom is -0.327 e. The summed E-state index contributed by atoms with van der Waals surface area (Å²) in [5, 5.41) is 3.24. The first-order valence-corrected chi connectivity index (χ1v) is 7.72. The molecule has 1 aliphatic carbocycles. The van der Waals surface area contributed by atoms with E-state index in [2.05, 4.69) is 16.4 Å². The van der Waals surface area contributed by atoms with Gasteiger partial charge in [0.2, 0.25) is 0 Å². The highest BCUT2D eigenvalue weighted by Gasteiger charge is 2.16. The van der Waals surface area contributed by atoms with Gasteiger partial charge in [-0.3, -0.25) is 4.79 Å². The second kappa shape index (κ2) is 6.07. The van der Waals surface area contributed by atoms with Crippen LogP contribution in [0.3, 0.4) is 0 Å². The van der Waals surface area contributed by atoms with Crippen molar-refractivity contribution >= 4 is 23.2 Å². The van der Waals surface area contributed by atoms with E-state index in [0.717, 1.165) is 30.6 Å². The number of hydrogen-bond donors (Lipinski definition) is 2. The smallest absolute Gasteiger partial charge is 0.255 e. The van der Waals surface area contributed by atoms with Gasteiger partial charge in [-0.15, -0.1) is 0 Å². The molecule has 0 spiro atoms. The summed E-state index contributed by atoms with van der Waals surface area (Å²) in [6.07, 6.45) is 2.85. The van der Waals surface area contributed by atoms with Crippen molar-refractivity contribution in [3.63, 3.8) is 0 Å². The molecule has 0 radical (unpaired) electrons. The Morgan fingerprint density at radius 1 is 1.32 bits per heavy atom. The zero-order chi connectivity index (χ0) is 15.7. The van der Waals surface area contributed by atoms with E-state index in [9.17, 15) is 4.79 Å². The molecule has 0 bridgehead atoms. The Labute approximate surface area is 134 Å². The standard InChI is InChI=1S/C17H18ClN3O/c1-10-6-13(9-16(18)20-10)17(22)21-15-5-3-11-7-14(19)4-2-12(11)8-15/h3,5-6,8-9,14H,2,4,7,19H2,1H3,(H,21,22)/t14-/m0/s1. The van der Waals surface area contributed by atoms with E-state index in [1.54, 1.807) is 12.1 Å². The maximum absolute atomic E-state index is 12.3. The van der Waals surface area contributed by atoms with Crippen LogP contribution in [0.25, 0.3) is 0 Å². The second-order valence-electron chi connectivity index (χ2n) is 5.76. The molecular weight excluding hydrogens is 298 g/mol. The zero-order valence-electron chi connectivity index (χ0n) is 12.4. The molecule has 22 heavy (non-hydrogen) atoms. The number of nitrogens with two attached hydrogens (primary N) is 1. The molecule has 1 heterocycles. The molecule has 1 aromatic carbocycles. The van der Waals surface area contributed by atoms with Gasteiger partial charge in [0.15, 0.2) is 0 Å². The molecule has 0 fully saturated rings. The summed E-state index contributed by atoms with van der Waals surface area (Å²) in [7, 11) is 0. The van der Waals surface area contributed by atoms with Gasteiger partial charge in [-0.1, -0.05) is 17.7 Å². The van der Waals surface area contributed by atoms with Crippen LogP contribution in [-0.2, 0) is 12.8 Å². The molecule has 3 N–H and O–H groups in total. The average Bonchev–Trinajstić information content (AvgIpc) is 2.46. The van der Waals surface area contributed by atoms with Crippen molar-refractivity contribution in [3.8, 4) is 0 Å². The topological polar surface area (TPSA) is 68.0 Å². The van der Waals surface area contributed by atoms with Crippen LogP contribution in [0, 0.1) is 6.92 Å². The molecule has 0 unspecified atom stereocenters. The number of nitrogens with zero attached hydrogens (tertiary/aromatic N) is 1. The van der Waals surface area contributed by atoms with Crippen LogP contribution in [0.1, 0.15) is 33.6 Å². The van der Waals surface area contributed by atoms with Crippen LogP contribution in [0.2, 0.25) is 5.15 Å². The van der Waals surface area contributed by atoms with Crippen LogP contribution in [0.4, 0.5) is 5.69 Å². The van der Waals surface area contributed by atoms with Crippen molar-refractivity contribution in [3.05, 3.63) is 57.9 Å². The molecule has 0 aliphatic heterocycles. The molecule has 0 saturated carbocycles. The molecule has 1 atom stereocenters. The minimum absolute atomic E-state index is 0.181. The summed E-state index contributed by atoms with van der Waals surface area (Å²) in [5.41, 5.74) is 10.6. The number of rotatable bonds is 2. The number of anilines is 1. The number of aromatic nitrogens is 1. The SMILES string of the molecule is Cc1cc(C(=O)Nc2ccc3c(c2)CC[C@H](N)C3)cc(Cl)n1. The fourth-order valence-corrected chi connectivity index (χ4v) is 3.07. The molecular formula is C17H18ClN3O. The van der Waals surface area contributed by atoms with E-state index in [1.807, 2.05) is 19.1 Å². The lowest BCUT2D eigenvalue weighted by Crippen LogP contribution is -2.27. The van der Waals surface area contributed by atoms with Crippen molar-refractivity contribution in [2.24, 2.45) is 5.73 Å². The van der Waals surface area contributed by atoms with Gasteiger partial charge in [0.25, 0.3) is 5.91 Å². The minimum atomic E-state index is -0.181. The summed E-state index contributed by atoms with van der Waals surface area (Å²) in [4.78, 5) is 16.4. The van der Waals surface area contributed by atoms with Crippen molar-refractivity contribution < 1.29 is 4.79 Å². The predicted octanol–water partition coefficient (Wildman–Crippen LogP) is 3.11. The summed E-state index contributed by atoms with van der Waals surface area (Å²) in [6, 6.07) is 9.54. The first-order valence-electron chi connectivity index (χ1n) is 7.34. The number of benzene rings is 1. The van der Waals surface area contributed by atoms with E-state index in [0.29, 0.717) is 10.7 Å². The first kappa shape index (κ1) is 15.0. The predicted molar refractivity (Wildman–Crippen MR) is 88.4 cm³/mol. The number of nitrogens with one attached hydrogen (secondary N) is 1. The molecule has 0 saturated heterocycles. The molecule has 3 rings (SSSR count). The Balaban J connectivity index is 1.79. The second-order valence-corrected chi connectivity index (χ2v) is 6.15. The van der Waals surface area contributed by atoms with Crippen molar-refractivity contribution in [2.75, 3.05) is 5.32 Å². The number of carbonyl (C=O) groups excluding carboxylic acids is 1. The van der Waals surface area contributed by atoms with Gasteiger partial charge in [0.1, 0.15) is 5.15 Å². The van der Waals surface area contributed by atoms with Crippen molar-refractivity contribution in [2.45, 2.75) is 32.2 Å². The Morgan fingerprint density at radius 2 is 2.14 bits per heavy atom. The fourth-order valence-electron chi connectivity index (χ4n) is 2.82. The van der Waals surface area contributed by atoms with E-state index in [1.165, 1.54) is 11.1 Å². The third-order valence-corrected chi connectivity index (χ3v) is 4.11. The monoisotopic (exact) mass is 315 g/mol. The van der Waals surface area contributed by atoms with Crippen molar-refractivity contribution in [1.29, 1.82) is 0 Å². The first-order chi connectivity index (χ1) is 10.5. The summed E-state index contributed by atoms with van der Waals surface area (Å²) >= 11 is 5.90. The lowest BCUT2D eigenvalue weighted by Gasteiger charge is -2.22. The van der Waals surface area contributed by atoms with E-state index in [-0.39, 0.29) is 11.9 Å². The lowest BCUT2D eigenvalue weighted by atomic mass is 9.88. The fraction of sp³-hybridized carbons (Fsp3) is 0.294. The summed E-state index contributed by atoms with van der Waals surface area (Å²) in [5.74, 6) is -0.181. The number of halogens is 1. The summed E-state index contributed by atoms with van der Waals surface area (Å²) in [6.45, 7) is 1.81.